The van der Waals surface area contributed by atoms with E-state index in [-0.39, 0.29) is 18.3 Å². The zero-order chi connectivity index (χ0) is 23.3. The number of nitrogens with two attached hydrogens (primary N) is 1. The van der Waals surface area contributed by atoms with Crippen molar-refractivity contribution in [3.63, 3.8) is 0 Å². The highest BCUT2D eigenvalue weighted by atomic mass is 35.5. The number of hydrogen-bond acceptors (Lipinski definition) is 8. The summed E-state index contributed by atoms with van der Waals surface area (Å²) < 4.78 is 17.6. The zero-order valence-electron chi connectivity index (χ0n) is 18.1. The second kappa shape index (κ2) is 10.5. The molecule has 0 saturated heterocycles. The molecule has 32 heavy (non-hydrogen) atoms. The first-order chi connectivity index (χ1) is 15.3. The van der Waals surface area contributed by atoms with Gasteiger partial charge in [-0.2, -0.15) is 0 Å². The monoisotopic (exact) mass is 477 g/mol. The van der Waals surface area contributed by atoms with Gasteiger partial charge in [-0.3, -0.25) is 4.79 Å². The van der Waals surface area contributed by atoms with Crippen LogP contribution in [0.1, 0.15) is 17.0 Å². The van der Waals surface area contributed by atoms with Crippen LogP contribution in [0, 0.1) is 13.8 Å². The van der Waals surface area contributed by atoms with Gasteiger partial charge in [0.25, 0.3) is 0 Å². The summed E-state index contributed by atoms with van der Waals surface area (Å²) in [4.78, 5) is 12.4. The molecule has 11 heteroatoms. The summed E-state index contributed by atoms with van der Waals surface area (Å²) in [6.07, 6.45) is 0. The molecule has 0 saturated carbocycles. The van der Waals surface area contributed by atoms with Crippen molar-refractivity contribution in [2.45, 2.75) is 25.6 Å². The molecule has 0 atom stereocenters. The topological polar surface area (TPSA) is 114 Å². The van der Waals surface area contributed by atoms with E-state index >= 15 is 0 Å². The number of para-hydroxylation sites is 1. The number of nitrogens with zero attached hydrogens (tertiary/aromatic N) is 3. The first kappa shape index (κ1) is 23.6. The molecule has 170 valence electrons. The van der Waals surface area contributed by atoms with Crippen LogP contribution < -0.4 is 25.4 Å². The number of aryl methyl sites for hydroxylation is 2. The Labute approximate surface area is 195 Å². The summed E-state index contributed by atoms with van der Waals surface area (Å²) in [6.45, 7) is 4.10. The van der Waals surface area contributed by atoms with Crippen molar-refractivity contribution in [1.29, 1.82) is 0 Å². The first-order valence-corrected chi connectivity index (χ1v) is 10.9. The summed E-state index contributed by atoms with van der Waals surface area (Å²) >= 11 is 7.29. The Hall–Kier alpha value is -3.11. The minimum absolute atomic E-state index is 0.0555. The van der Waals surface area contributed by atoms with Gasteiger partial charge >= 0.3 is 0 Å². The minimum atomic E-state index is -0.286. The van der Waals surface area contributed by atoms with E-state index in [0.29, 0.717) is 33.2 Å². The van der Waals surface area contributed by atoms with Gasteiger partial charge in [-0.15, -0.1) is 10.2 Å². The van der Waals surface area contributed by atoms with Crippen molar-refractivity contribution < 1.29 is 19.0 Å². The van der Waals surface area contributed by atoms with Crippen LogP contribution in [0.5, 0.6) is 17.2 Å². The summed E-state index contributed by atoms with van der Waals surface area (Å²) in [5.41, 5.74) is 2.47. The lowest BCUT2D eigenvalue weighted by Gasteiger charge is -2.13. The van der Waals surface area contributed by atoms with Gasteiger partial charge < -0.3 is 25.4 Å². The highest BCUT2D eigenvalue weighted by molar-refractivity contribution is 7.99. The minimum Gasteiger partial charge on any atom is -0.495 e. The van der Waals surface area contributed by atoms with E-state index in [1.54, 1.807) is 12.1 Å². The van der Waals surface area contributed by atoms with E-state index in [9.17, 15) is 4.79 Å². The number of carbonyl (C=O) groups is 1. The third-order valence-electron chi connectivity index (χ3n) is 4.57. The Morgan fingerprint density at radius 2 is 1.84 bits per heavy atom. The summed E-state index contributed by atoms with van der Waals surface area (Å²) in [5, 5.41) is 11.6. The molecule has 1 heterocycles. The molecular weight excluding hydrogens is 454 g/mol. The van der Waals surface area contributed by atoms with Gasteiger partial charge in [0.05, 0.1) is 30.7 Å². The number of aromatic nitrogens is 3. The van der Waals surface area contributed by atoms with Gasteiger partial charge in [0, 0.05) is 6.07 Å². The Morgan fingerprint density at radius 3 is 2.50 bits per heavy atom. The third kappa shape index (κ3) is 5.38. The number of halogens is 1. The second-order valence-electron chi connectivity index (χ2n) is 6.80. The zero-order valence-corrected chi connectivity index (χ0v) is 19.7. The first-order valence-electron chi connectivity index (χ1n) is 9.56. The van der Waals surface area contributed by atoms with Crippen LogP contribution in [-0.2, 0) is 11.4 Å². The molecule has 0 aliphatic carbocycles. The fraction of sp³-hybridized carbons (Fsp3) is 0.286. The lowest BCUT2D eigenvalue weighted by atomic mass is 10.1. The maximum absolute atomic E-state index is 12.4. The van der Waals surface area contributed by atoms with E-state index < -0.39 is 0 Å². The maximum Gasteiger partial charge on any atom is 0.234 e. The molecule has 3 aromatic rings. The van der Waals surface area contributed by atoms with Gasteiger partial charge in [0.15, 0.2) is 5.82 Å². The van der Waals surface area contributed by atoms with Crippen LogP contribution >= 0.6 is 23.4 Å². The summed E-state index contributed by atoms with van der Waals surface area (Å²) in [6, 6.07) is 9.08. The molecule has 1 amide bonds. The summed E-state index contributed by atoms with van der Waals surface area (Å²) in [7, 11) is 2.99. The van der Waals surface area contributed by atoms with Crippen LogP contribution in [0.3, 0.4) is 0 Å². The Morgan fingerprint density at radius 1 is 1.16 bits per heavy atom. The van der Waals surface area contributed by atoms with E-state index in [4.69, 9.17) is 31.7 Å². The predicted octanol–water partition coefficient (Wildman–Crippen LogP) is 3.59. The number of methoxy groups -OCH3 is 2. The number of nitrogen functional groups attached to an aromatic ring is 1. The third-order valence-corrected chi connectivity index (χ3v) is 5.81. The van der Waals surface area contributed by atoms with Gasteiger partial charge in [0.1, 0.15) is 23.9 Å². The number of rotatable bonds is 9. The van der Waals surface area contributed by atoms with Gasteiger partial charge in [0.2, 0.25) is 11.1 Å². The van der Waals surface area contributed by atoms with E-state index in [0.717, 1.165) is 28.6 Å². The molecule has 0 aliphatic rings. The predicted molar refractivity (Wildman–Crippen MR) is 124 cm³/mol. The van der Waals surface area contributed by atoms with Crippen LogP contribution in [0.4, 0.5) is 5.69 Å². The van der Waals surface area contributed by atoms with Crippen LogP contribution in [0.2, 0.25) is 5.02 Å². The number of thioether (sulfide) groups is 1. The molecule has 9 nitrogen and oxygen atoms in total. The quantitative estimate of drug-likeness (QED) is 0.355. The number of carbonyl (C=O) groups excluding carboxylic acids is 1. The van der Waals surface area contributed by atoms with Crippen LogP contribution in [0.25, 0.3) is 0 Å². The fourth-order valence-electron chi connectivity index (χ4n) is 2.94. The molecule has 0 spiro atoms. The van der Waals surface area contributed by atoms with Crippen molar-refractivity contribution in [3.8, 4) is 17.2 Å². The van der Waals surface area contributed by atoms with E-state index in [2.05, 4.69) is 15.5 Å². The number of hydrogen-bond donors (Lipinski definition) is 2. The molecular formula is C21H24ClN5O4S. The Kier molecular flexibility index (Phi) is 7.70. The highest BCUT2D eigenvalue weighted by Gasteiger charge is 2.16. The van der Waals surface area contributed by atoms with Gasteiger partial charge in [-0.05, 0) is 31.0 Å². The average Bonchev–Trinajstić information content (AvgIpc) is 3.11. The molecule has 3 rings (SSSR count). The number of amides is 1. The molecule has 0 radical (unpaired) electrons. The standard InChI is InChI=1S/C21H24ClN5O4S/c1-12-6-5-7-13(2)20(12)31-10-18-25-26-21(27(18)23)32-11-19(28)24-15-8-14(22)16(29-3)9-17(15)30-4/h5-9H,10-11,23H2,1-4H3,(H,24,28). The molecule has 0 bridgehead atoms. The Balaban J connectivity index is 1.60. The van der Waals surface area contributed by atoms with Crippen LogP contribution in [-0.4, -0.2) is 40.8 Å². The number of benzene rings is 2. The number of anilines is 1. The normalized spacial score (nSPS) is 10.7. The van der Waals surface area contributed by atoms with Crippen LogP contribution in [0.15, 0.2) is 35.5 Å². The van der Waals surface area contributed by atoms with Crippen molar-refractivity contribution >= 4 is 35.0 Å². The van der Waals surface area contributed by atoms with Crippen molar-refractivity contribution in [2.24, 2.45) is 0 Å². The fourth-order valence-corrected chi connectivity index (χ4v) is 3.86. The lowest BCUT2D eigenvalue weighted by molar-refractivity contribution is -0.113. The van der Waals surface area contributed by atoms with E-state index in [1.807, 2.05) is 32.0 Å². The van der Waals surface area contributed by atoms with Crippen molar-refractivity contribution in [1.82, 2.24) is 14.9 Å². The molecule has 1 aromatic heterocycles. The van der Waals surface area contributed by atoms with E-state index in [1.165, 1.54) is 18.9 Å². The second-order valence-corrected chi connectivity index (χ2v) is 8.15. The Bertz CT molecular complexity index is 1100. The molecule has 0 aliphatic heterocycles. The smallest absolute Gasteiger partial charge is 0.234 e. The van der Waals surface area contributed by atoms with Gasteiger partial charge in [-0.25, -0.2) is 4.68 Å². The SMILES string of the molecule is COc1cc(OC)c(NC(=O)CSc2nnc(COc3c(C)cccc3C)n2N)cc1Cl. The molecule has 2 aromatic carbocycles. The van der Waals surface area contributed by atoms with Gasteiger partial charge in [-0.1, -0.05) is 41.6 Å². The van der Waals surface area contributed by atoms with Crippen molar-refractivity contribution in [2.75, 3.05) is 31.1 Å². The van der Waals surface area contributed by atoms with Crippen molar-refractivity contribution in [3.05, 3.63) is 52.3 Å². The highest BCUT2D eigenvalue weighted by Crippen LogP contribution is 2.36. The molecule has 3 N–H and O–H groups in total. The average molecular weight is 478 g/mol. The number of nitrogens with one attached hydrogen (secondary N) is 1. The number of ether oxygens (including phenoxy) is 3. The largest absolute Gasteiger partial charge is 0.495 e. The maximum atomic E-state index is 12.4. The summed E-state index contributed by atoms with van der Waals surface area (Å²) in [5.74, 6) is 7.96. The molecule has 0 fully saturated rings. The lowest BCUT2D eigenvalue weighted by Crippen LogP contribution is -2.18. The molecule has 0 unspecified atom stereocenters.